The van der Waals surface area contributed by atoms with E-state index in [4.69, 9.17) is 11.6 Å². The Balaban J connectivity index is 2.72. The molecule has 78 valence electrons. The van der Waals surface area contributed by atoms with Crippen LogP contribution in [0.15, 0.2) is 6.33 Å². The zero-order valence-electron chi connectivity index (χ0n) is 8.36. The van der Waals surface area contributed by atoms with Gasteiger partial charge in [-0.2, -0.15) is 0 Å². The van der Waals surface area contributed by atoms with E-state index in [0.717, 1.165) is 31.4 Å². The van der Waals surface area contributed by atoms with E-state index in [1.807, 2.05) is 0 Å². The standard InChI is InChI=1S/C9H16N4O/c1-2-3-4-5-7-8(9(10)14)12-6-13(7)11/h6H,2-5,11H2,1H3,(H2,10,14). The lowest BCUT2D eigenvalue weighted by atomic mass is 10.1. The van der Waals surface area contributed by atoms with Crippen LogP contribution in [0.4, 0.5) is 0 Å². The molecule has 1 aromatic rings. The second-order valence-electron chi connectivity index (χ2n) is 3.27. The number of nitrogen functional groups attached to an aromatic ring is 1. The summed E-state index contributed by atoms with van der Waals surface area (Å²) in [7, 11) is 0. The SMILES string of the molecule is CCCCCc1c(C(N)=O)ncn1N. The predicted octanol–water partition coefficient (Wildman–Crippen LogP) is 0.429. The lowest BCUT2D eigenvalue weighted by Crippen LogP contribution is -2.17. The van der Waals surface area contributed by atoms with E-state index in [0.29, 0.717) is 5.69 Å². The summed E-state index contributed by atoms with van der Waals surface area (Å²) in [4.78, 5) is 14.8. The number of unbranched alkanes of at least 4 members (excludes halogenated alkanes) is 2. The molecule has 14 heavy (non-hydrogen) atoms. The lowest BCUT2D eigenvalue weighted by molar-refractivity contribution is 0.0995. The molecule has 1 rings (SSSR count). The summed E-state index contributed by atoms with van der Waals surface area (Å²) < 4.78 is 1.37. The Hall–Kier alpha value is -1.52. The first-order valence-corrected chi connectivity index (χ1v) is 4.78. The molecule has 1 aromatic heterocycles. The highest BCUT2D eigenvalue weighted by atomic mass is 16.1. The monoisotopic (exact) mass is 196 g/mol. The number of rotatable bonds is 5. The Morgan fingerprint density at radius 2 is 2.29 bits per heavy atom. The van der Waals surface area contributed by atoms with E-state index in [9.17, 15) is 4.79 Å². The summed E-state index contributed by atoms with van der Waals surface area (Å²) in [5, 5.41) is 0. The summed E-state index contributed by atoms with van der Waals surface area (Å²) in [6, 6.07) is 0. The molecule has 0 unspecified atom stereocenters. The van der Waals surface area contributed by atoms with Gasteiger partial charge in [0, 0.05) is 0 Å². The Labute approximate surface area is 83.1 Å². The molecular weight excluding hydrogens is 180 g/mol. The topological polar surface area (TPSA) is 86.9 Å². The van der Waals surface area contributed by atoms with Gasteiger partial charge in [0.05, 0.1) is 5.69 Å². The van der Waals surface area contributed by atoms with Crippen LogP contribution >= 0.6 is 0 Å². The van der Waals surface area contributed by atoms with Crippen molar-refractivity contribution in [2.24, 2.45) is 5.73 Å². The van der Waals surface area contributed by atoms with Crippen molar-refractivity contribution in [2.45, 2.75) is 32.6 Å². The molecule has 1 heterocycles. The summed E-state index contributed by atoms with van der Waals surface area (Å²) in [5.74, 6) is 5.09. The van der Waals surface area contributed by atoms with Gasteiger partial charge in [-0.15, -0.1) is 0 Å². The quantitative estimate of drug-likeness (QED) is 0.528. The highest BCUT2D eigenvalue weighted by molar-refractivity contribution is 5.91. The van der Waals surface area contributed by atoms with Crippen LogP contribution in [0.2, 0.25) is 0 Å². The van der Waals surface area contributed by atoms with Gasteiger partial charge in [0.1, 0.15) is 6.33 Å². The molecule has 0 bridgehead atoms. The van der Waals surface area contributed by atoms with Gasteiger partial charge in [-0.1, -0.05) is 19.8 Å². The first-order valence-electron chi connectivity index (χ1n) is 4.78. The number of hydrogen-bond donors (Lipinski definition) is 2. The molecule has 0 atom stereocenters. The second kappa shape index (κ2) is 4.64. The molecule has 5 nitrogen and oxygen atoms in total. The van der Waals surface area contributed by atoms with Gasteiger partial charge in [-0.05, 0) is 12.8 Å². The lowest BCUT2D eigenvalue weighted by Gasteiger charge is -2.02. The van der Waals surface area contributed by atoms with Crippen molar-refractivity contribution in [1.82, 2.24) is 9.66 Å². The average molecular weight is 196 g/mol. The minimum absolute atomic E-state index is 0.295. The van der Waals surface area contributed by atoms with Crippen molar-refractivity contribution in [3.8, 4) is 0 Å². The van der Waals surface area contributed by atoms with E-state index in [-0.39, 0.29) is 0 Å². The number of nitrogens with two attached hydrogens (primary N) is 2. The minimum Gasteiger partial charge on any atom is -0.364 e. The van der Waals surface area contributed by atoms with Gasteiger partial charge in [0.15, 0.2) is 5.69 Å². The van der Waals surface area contributed by atoms with E-state index >= 15 is 0 Å². The molecule has 0 saturated carbocycles. The number of carbonyl (C=O) groups excluding carboxylic acids is 1. The van der Waals surface area contributed by atoms with Crippen molar-refractivity contribution in [3.05, 3.63) is 17.7 Å². The highest BCUT2D eigenvalue weighted by Crippen LogP contribution is 2.09. The van der Waals surface area contributed by atoms with Crippen LogP contribution in [-0.2, 0) is 6.42 Å². The molecule has 0 aliphatic rings. The largest absolute Gasteiger partial charge is 0.364 e. The van der Waals surface area contributed by atoms with Gasteiger partial charge >= 0.3 is 0 Å². The fourth-order valence-corrected chi connectivity index (χ4v) is 1.38. The molecule has 0 fully saturated rings. The number of primary amides is 1. The predicted molar refractivity (Wildman–Crippen MR) is 54.1 cm³/mol. The molecule has 0 saturated heterocycles. The smallest absolute Gasteiger partial charge is 0.269 e. The third-order valence-electron chi connectivity index (χ3n) is 2.15. The molecule has 0 aliphatic carbocycles. The molecule has 5 heteroatoms. The Morgan fingerprint density at radius 3 is 2.86 bits per heavy atom. The van der Waals surface area contributed by atoms with E-state index in [1.165, 1.54) is 11.0 Å². The maximum Gasteiger partial charge on any atom is 0.269 e. The van der Waals surface area contributed by atoms with E-state index in [2.05, 4.69) is 11.9 Å². The molecule has 0 radical (unpaired) electrons. The Morgan fingerprint density at radius 1 is 1.57 bits per heavy atom. The number of carbonyl (C=O) groups is 1. The van der Waals surface area contributed by atoms with Crippen molar-refractivity contribution < 1.29 is 4.79 Å². The Kier molecular flexibility index (Phi) is 3.50. The van der Waals surface area contributed by atoms with Gasteiger partial charge in [-0.25, -0.2) is 4.98 Å². The highest BCUT2D eigenvalue weighted by Gasteiger charge is 2.13. The molecule has 1 amide bonds. The van der Waals surface area contributed by atoms with Crippen molar-refractivity contribution in [2.75, 3.05) is 5.84 Å². The van der Waals surface area contributed by atoms with E-state index in [1.54, 1.807) is 0 Å². The first kappa shape index (κ1) is 10.6. The van der Waals surface area contributed by atoms with Gasteiger partial charge in [0.25, 0.3) is 5.91 Å². The van der Waals surface area contributed by atoms with Crippen LogP contribution in [0.3, 0.4) is 0 Å². The number of aromatic nitrogens is 2. The summed E-state index contributed by atoms with van der Waals surface area (Å²) in [6.45, 7) is 2.12. The van der Waals surface area contributed by atoms with Gasteiger partial charge in [-0.3, -0.25) is 9.47 Å². The molecule has 0 aliphatic heterocycles. The second-order valence-corrected chi connectivity index (χ2v) is 3.27. The van der Waals surface area contributed by atoms with E-state index < -0.39 is 5.91 Å². The van der Waals surface area contributed by atoms with Crippen LogP contribution in [0, 0.1) is 0 Å². The maximum absolute atomic E-state index is 11.0. The summed E-state index contributed by atoms with van der Waals surface area (Å²) >= 11 is 0. The number of amides is 1. The fraction of sp³-hybridized carbons (Fsp3) is 0.556. The van der Waals surface area contributed by atoms with Crippen molar-refractivity contribution in [1.29, 1.82) is 0 Å². The van der Waals surface area contributed by atoms with Crippen LogP contribution in [0.1, 0.15) is 42.4 Å². The van der Waals surface area contributed by atoms with Gasteiger partial charge < -0.3 is 11.6 Å². The van der Waals surface area contributed by atoms with Crippen molar-refractivity contribution in [3.63, 3.8) is 0 Å². The van der Waals surface area contributed by atoms with Crippen LogP contribution < -0.4 is 11.6 Å². The zero-order valence-corrected chi connectivity index (χ0v) is 8.36. The van der Waals surface area contributed by atoms with Crippen LogP contribution in [0.5, 0.6) is 0 Å². The number of hydrogen-bond acceptors (Lipinski definition) is 3. The zero-order chi connectivity index (χ0) is 10.6. The number of imidazole rings is 1. The summed E-state index contributed by atoms with van der Waals surface area (Å²) in [5.41, 5.74) is 6.18. The normalized spacial score (nSPS) is 10.4. The third kappa shape index (κ3) is 2.25. The summed E-state index contributed by atoms with van der Waals surface area (Å²) in [6.07, 6.45) is 5.41. The molecular formula is C9H16N4O. The minimum atomic E-state index is -0.513. The molecule has 0 spiro atoms. The fourth-order valence-electron chi connectivity index (χ4n) is 1.38. The average Bonchev–Trinajstić information content (AvgIpc) is 2.48. The number of nitrogens with zero attached hydrogens (tertiary/aromatic N) is 2. The molecule has 4 N–H and O–H groups in total. The van der Waals surface area contributed by atoms with Crippen LogP contribution in [-0.4, -0.2) is 15.6 Å². The Bertz CT molecular complexity index is 319. The van der Waals surface area contributed by atoms with Crippen molar-refractivity contribution >= 4 is 5.91 Å². The molecule has 0 aromatic carbocycles. The first-order chi connectivity index (χ1) is 6.66. The maximum atomic E-state index is 11.0. The van der Waals surface area contributed by atoms with Crippen LogP contribution in [0.25, 0.3) is 0 Å². The third-order valence-corrected chi connectivity index (χ3v) is 2.15. The van der Waals surface area contributed by atoms with Gasteiger partial charge in [0.2, 0.25) is 0 Å².